The summed E-state index contributed by atoms with van der Waals surface area (Å²) in [6, 6.07) is 5.09. The topological polar surface area (TPSA) is 67.9 Å². The van der Waals surface area contributed by atoms with Gasteiger partial charge >= 0.3 is 6.09 Å². The molecular weight excluding hydrogens is 332 g/mol. The van der Waals surface area contributed by atoms with Gasteiger partial charge in [0.1, 0.15) is 5.75 Å². The highest BCUT2D eigenvalue weighted by Crippen LogP contribution is 2.37. The highest BCUT2D eigenvalue weighted by atomic mass is 16.5. The molecule has 6 nitrogen and oxygen atoms in total. The summed E-state index contributed by atoms with van der Waals surface area (Å²) in [7, 11) is 1.54. The molecule has 3 rings (SSSR count). The number of hydrogen-bond donors (Lipinski definition) is 1. The summed E-state index contributed by atoms with van der Waals surface area (Å²) in [6.45, 7) is 3.70. The lowest BCUT2D eigenvalue weighted by molar-refractivity contribution is 0.0518. The quantitative estimate of drug-likeness (QED) is 0.884. The van der Waals surface area contributed by atoms with Crippen molar-refractivity contribution in [3.8, 4) is 5.75 Å². The number of hydrogen-bond acceptors (Lipinski definition) is 4. The first-order chi connectivity index (χ1) is 12.6. The van der Waals surface area contributed by atoms with Gasteiger partial charge in [-0.1, -0.05) is 19.3 Å². The van der Waals surface area contributed by atoms with E-state index in [1.807, 2.05) is 4.90 Å². The maximum Gasteiger partial charge on any atom is 0.411 e. The van der Waals surface area contributed by atoms with Crippen LogP contribution in [0.25, 0.3) is 0 Å². The predicted octanol–water partition coefficient (Wildman–Crippen LogP) is 3.92. The zero-order valence-electron chi connectivity index (χ0n) is 15.6. The summed E-state index contributed by atoms with van der Waals surface area (Å²) in [5.74, 6) is 1.90. The second kappa shape index (κ2) is 8.43. The molecule has 1 saturated heterocycles. The van der Waals surface area contributed by atoms with E-state index in [2.05, 4.69) is 5.32 Å². The van der Waals surface area contributed by atoms with E-state index >= 15 is 0 Å². The lowest BCUT2D eigenvalue weighted by Gasteiger charge is -2.41. The molecule has 2 amide bonds. The Kier molecular flexibility index (Phi) is 6.01. The first-order valence-corrected chi connectivity index (χ1v) is 9.53. The number of benzene rings is 1. The number of nitrogens with zero attached hydrogens (tertiary/aromatic N) is 1. The van der Waals surface area contributed by atoms with Gasteiger partial charge in [0.05, 0.1) is 19.3 Å². The van der Waals surface area contributed by atoms with Crippen LogP contribution < -0.4 is 10.1 Å². The molecule has 2 atom stereocenters. The number of anilines is 1. The number of methoxy groups -OCH3 is 1. The molecule has 0 radical (unpaired) electrons. The summed E-state index contributed by atoms with van der Waals surface area (Å²) in [4.78, 5) is 26.5. The van der Waals surface area contributed by atoms with Crippen LogP contribution in [-0.2, 0) is 4.74 Å². The van der Waals surface area contributed by atoms with Gasteiger partial charge in [-0.2, -0.15) is 0 Å². The Bertz CT molecular complexity index is 661. The average molecular weight is 360 g/mol. The second-order valence-corrected chi connectivity index (χ2v) is 7.10. The molecule has 1 aromatic carbocycles. The van der Waals surface area contributed by atoms with Crippen LogP contribution in [0.3, 0.4) is 0 Å². The van der Waals surface area contributed by atoms with Gasteiger partial charge in [-0.15, -0.1) is 0 Å². The van der Waals surface area contributed by atoms with E-state index in [9.17, 15) is 9.59 Å². The van der Waals surface area contributed by atoms with Crippen molar-refractivity contribution in [3.05, 3.63) is 23.8 Å². The third-order valence-corrected chi connectivity index (χ3v) is 5.53. The smallest absolute Gasteiger partial charge is 0.411 e. The molecular formula is C20H28N2O4. The van der Waals surface area contributed by atoms with Gasteiger partial charge < -0.3 is 14.4 Å². The predicted molar refractivity (Wildman–Crippen MR) is 99.6 cm³/mol. The Morgan fingerprint density at radius 3 is 2.69 bits per heavy atom. The Balaban J connectivity index is 1.71. The normalized spacial score (nSPS) is 22.3. The third kappa shape index (κ3) is 4.11. The van der Waals surface area contributed by atoms with Gasteiger partial charge in [-0.3, -0.25) is 10.1 Å². The van der Waals surface area contributed by atoms with E-state index in [0.717, 1.165) is 25.4 Å². The molecule has 0 bridgehead atoms. The average Bonchev–Trinajstić information content (AvgIpc) is 2.67. The van der Waals surface area contributed by atoms with Crippen molar-refractivity contribution in [2.75, 3.05) is 32.1 Å². The van der Waals surface area contributed by atoms with Crippen LogP contribution in [0.2, 0.25) is 0 Å². The maximum absolute atomic E-state index is 13.0. The van der Waals surface area contributed by atoms with E-state index in [1.54, 1.807) is 25.1 Å². The van der Waals surface area contributed by atoms with Gasteiger partial charge in [0.25, 0.3) is 5.91 Å². The number of carbonyl (C=O) groups is 2. The number of piperidine rings is 1. The first kappa shape index (κ1) is 18.5. The van der Waals surface area contributed by atoms with Crippen LogP contribution in [0.5, 0.6) is 5.75 Å². The highest BCUT2D eigenvalue weighted by molar-refractivity contribution is 5.98. The molecule has 6 heteroatoms. The molecule has 1 aliphatic heterocycles. The molecule has 1 N–H and O–H groups in total. The van der Waals surface area contributed by atoms with E-state index in [4.69, 9.17) is 9.47 Å². The zero-order valence-corrected chi connectivity index (χ0v) is 15.6. The van der Waals surface area contributed by atoms with Gasteiger partial charge in [-0.05, 0) is 43.7 Å². The molecule has 0 aromatic heterocycles. The SMILES string of the molecule is CCOC(=O)Nc1ccc(C(=O)N2CC[C@H]3CCCC[C@H]3C2)c(OC)c1. The number of fused-ring (bicyclic) bond motifs is 1. The number of amides is 2. The number of ether oxygens (including phenoxy) is 2. The van der Waals surface area contributed by atoms with E-state index in [1.165, 1.54) is 32.8 Å². The largest absolute Gasteiger partial charge is 0.496 e. The maximum atomic E-state index is 13.0. The van der Waals surface area contributed by atoms with Crippen molar-refractivity contribution in [1.82, 2.24) is 4.90 Å². The molecule has 1 aliphatic carbocycles. The number of carbonyl (C=O) groups excluding carboxylic acids is 2. The fraction of sp³-hybridized carbons (Fsp3) is 0.600. The van der Waals surface area contributed by atoms with Crippen molar-refractivity contribution >= 4 is 17.7 Å². The lowest BCUT2D eigenvalue weighted by atomic mass is 9.75. The minimum Gasteiger partial charge on any atom is -0.496 e. The van der Waals surface area contributed by atoms with Gasteiger partial charge in [0.15, 0.2) is 0 Å². The van der Waals surface area contributed by atoms with Crippen LogP contribution in [0.4, 0.5) is 10.5 Å². The standard InChI is InChI=1S/C20H28N2O4/c1-3-26-20(24)21-16-8-9-17(18(12-16)25-2)19(23)22-11-10-14-6-4-5-7-15(14)13-22/h8-9,12,14-15H,3-7,10-11,13H2,1-2H3,(H,21,24)/t14-,15+/m1/s1. The van der Waals surface area contributed by atoms with Crippen LogP contribution in [-0.4, -0.2) is 43.7 Å². The second-order valence-electron chi connectivity index (χ2n) is 7.10. The number of nitrogens with one attached hydrogen (secondary N) is 1. The molecule has 142 valence electrons. The Morgan fingerprint density at radius 1 is 1.19 bits per heavy atom. The van der Waals surface area contributed by atoms with Crippen molar-refractivity contribution in [3.63, 3.8) is 0 Å². The molecule has 1 heterocycles. The molecule has 1 aromatic rings. The minimum absolute atomic E-state index is 0.00792. The van der Waals surface area contributed by atoms with Crippen molar-refractivity contribution < 1.29 is 19.1 Å². The Morgan fingerprint density at radius 2 is 1.96 bits per heavy atom. The van der Waals surface area contributed by atoms with Crippen LogP contribution >= 0.6 is 0 Å². The summed E-state index contributed by atoms with van der Waals surface area (Å²) in [5, 5.41) is 2.63. The Labute approximate surface area is 154 Å². The summed E-state index contributed by atoms with van der Waals surface area (Å²) >= 11 is 0. The highest BCUT2D eigenvalue weighted by Gasteiger charge is 2.33. The Hall–Kier alpha value is -2.24. The molecule has 26 heavy (non-hydrogen) atoms. The minimum atomic E-state index is -0.520. The number of rotatable bonds is 4. The monoisotopic (exact) mass is 360 g/mol. The first-order valence-electron chi connectivity index (χ1n) is 9.53. The molecule has 1 saturated carbocycles. The van der Waals surface area contributed by atoms with E-state index in [0.29, 0.717) is 29.5 Å². The van der Waals surface area contributed by atoms with Crippen molar-refractivity contribution in [2.45, 2.75) is 39.0 Å². The van der Waals surface area contributed by atoms with Crippen LogP contribution in [0.15, 0.2) is 18.2 Å². The van der Waals surface area contributed by atoms with Gasteiger partial charge in [0.2, 0.25) is 0 Å². The molecule has 0 spiro atoms. The molecule has 2 fully saturated rings. The third-order valence-electron chi connectivity index (χ3n) is 5.53. The lowest BCUT2D eigenvalue weighted by Crippen LogP contribution is -2.44. The van der Waals surface area contributed by atoms with Gasteiger partial charge in [0, 0.05) is 24.8 Å². The number of likely N-dealkylation sites (tertiary alicyclic amines) is 1. The van der Waals surface area contributed by atoms with Crippen molar-refractivity contribution in [2.24, 2.45) is 11.8 Å². The fourth-order valence-corrected chi connectivity index (χ4v) is 4.19. The van der Waals surface area contributed by atoms with Crippen LogP contribution in [0, 0.1) is 11.8 Å². The molecule has 2 aliphatic rings. The summed E-state index contributed by atoms with van der Waals surface area (Å²) in [6.07, 6.45) is 5.73. The van der Waals surface area contributed by atoms with Crippen molar-refractivity contribution in [1.29, 1.82) is 0 Å². The van der Waals surface area contributed by atoms with E-state index < -0.39 is 6.09 Å². The van der Waals surface area contributed by atoms with E-state index in [-0.39, 0.29) is 5.91 Å². The fourth-order valence-electron chi connectivity index (χ4n) is 4.19. The summed E-state index contributed by atoms with van der Waals surface area (Å²) in [5.41, 5.74) is 1.08. The van der Waals surface area contributed by atoms with Crippen LogP contribution in [0.1, 0.15) is 49.4 Å². The summed E-state index contributed by atoms with van der Waals surface area (Å²) < 4.78 is 10.3. The molecule has 0 unspecified atom stereocenters. The zero-order chi connectivity index (χ0) is 18.5. The van der Waals surface area contributed by atoms with Gasteiger partial charge in [-0.25, -0.2) is 4.79 Å².